The molecule has 0 radical (unpaired) electrons. The van der Waals surface area contributed by atoms with E-state index in [0.717, 1.165) is 5.69 Å². The van der Waals surface area contributed by atoms with E-state index >= 15 is 0 Å². The number of ether oxygens (including phenoxy) is 1. The molecule has 0 bridgehead atoms. The van der Waals surface area contributed by atoms with Crippen molar-refractivity contribution in [2.45, 2.75) is 6.61 Å². The lowest BCUT2D eigenvalue weighted by Crippen LogP contribution is -2.09. The summed E-state index contributed by atoms with van der Waals surface area (Å²) in [6.07, 6.45) is 2.86. The Kier molecular flexibility index (Phi) is 3.88. The molecule has 112 valence electrons. The van der Waals surface area contributed by atoms with Gasteiger partial charge in [-0.25, -0.2) is 9.78 Å². The second-order valence-corrected chi connectivity index (χ2v) is 4.87. The monoisotopic (exact) mass is 317 g/mol. The Morgan fingerprint density at radius 1 is 1.27 bits per heavy atom. The van der Waals surface area contributed by atoms with Crippen LogP contribution in [0.25, 0.3) is 5.69 Å². The molecule has 2 aromatic heterocycles. The Morgan fingerprint density at radius 3 is 2.73 bits per heavy atom. The molecule has 2 heterocycles. The number of halogens is 1. The molecule has 0 spiro atoms. The van der Waals surface area contributed by atoms with Gasteiger partial charge in [-0.2, -0.15) is 9.90 Å². The van der Waals surface area contributed by atoms with Gasteiger partial charge in [-0.3, -0.25) is 0 Å². The lowest BCUT2D eigenvalue weighted by Gasteiger charge is -2.03. The number of para-hydroxylation sites is 1. The first-order valence-corrected chi connectivity index (χ1v) is 6.84. The minimum Gasteiger partial charge on any atom is -0.453 e. The van der Waals surface area contributed by atoms with E-state index < -0.39 is 5.97 Å². The van der Waals surface area contributed by atoms with Crippen molar-refractivity contribution in [2.75, 3.05) is 0 Å². The van der Waals surface area contributed by atoms with E-state index in [1.54, 1.807) is 11.6 Å². The van der Waals surface area contributed by atoms with Gasteiger partial charge in [0.15, 0.2) is 5.69 Å². The van der Waals surface area contributed by atoms with E-state index in [1.165, 1.54) is 17.2 Å². The van der Waals surface area contributed by atoms with Gasteiger partial charge in [-0.1, -0.05) is 29.8 Å². The summed E-state index contributed by atoms with van der Waals surface area (Å²) in [6.45, 7) is 0.0141. The maximum absolute atomic E-state index is 12.0. The van der Waals surface area contributed by atoms with Crippen molar-refractivity contribution in [3.8, 4) is 5.69 Å². The van der Waals surface area contributed by atoms with Crippen LogP contribution < -0.4 is 0 Å². The number of nitrogens with zero attached hydrogens (tertiary/aromatic N) is 5. The Hall–Kier alpha value is -2.67. The third-order valence-electron chi connectivity index (χ3n) is 3.05. The van der Waals surface area contributed by atoms with E-state index in [0.29, 0.717) is 11.0 Å². The summed E-state index contributed by atoms with van der Waals surface area (Å²) < 4.78 is 6.80. The van der Waals surface area contributed by atoms with Crippen LogP contribution in [0.4, 0.5) is 0 Å². The fourth-order valence-corrected chi connectivity index (χ4v) is 1.95. The quantitative estimate of drug-likeness (QED) is 0.688. The first-order chi connectivity index (χ1) is 10.6. The second kappa shape index (κ2) is 5.98. The van der Waals surface area contributed by atoms with Crippen LogP contribution in [-0.2, 0) is 18.4 Å². The highest BCUT2D eigenvalue weighted by molar-refractivity contribution is 6.29. The largest absolute Gasteiger partial charge is 0.453 e. The first kappa shape index (κ1) is 14.3. The summed E-state index contributed by atoms with van der Waals surface area (Å²) in [5, 5.41) is 8.62. The molecule has 0 aliphatic heterocycles. The van der Waals surface area contributed by atoms with Gasteiger partial charge in [0.05, 0.1) is 18.1 Å². The third-order valence-corrected chi connectivity index (χ3v) is 3.40. The number of carbonyl (C=O) groups is 1. The Morgan fingerprint density at radius 2 is 2.05 bits per heavy atom. The molecule has 8 heteroatoms. The van der Waals surface area contributed by atoms with Gasteiger partial charge < -0.3 is 9.30 Å². The normalized spacial score (nSPS) is 10.6. The summed E-state index contributed by atoms with van der Waals surface area (Å²) in [4.78, 5) is 17.4. The van der Waals surface area contributed by atoms with Gasteiger partial charge in [0, 0.05) is 7.05 Å². The molecular weight excluding hydrogens is 306 g/mol. The number of hydrogen-bond acceptors (Lipinski definition) is 5. The average molecular weight is 318 g/mol. The van der Waals surface area contributed by atoms with Crippen molar-refractivity contribution in [3.05, 3.63) is 59.4 Å². The molecule has 0 fully saturated rings. The number of hydrogen-bond donors (Lipinski definition) is 0. The van der Waals surface area contributed by atoms with Crippen LogP contribution in [0.2, 0.25) is 5.15 Å². The van der Waals surface area contributed by atoms with Crippen molar-refractivity contribution >= 4 is 17.6 Å². The lowest BCUT2D eigenvalue weighted by molar-refractivity contribution is 0.0451. The SMILES string of the molecule is Cn1c(Cl)cnc1COC(=O)c1cnn(-c2ccccc2)n1. The maximum atomic E-state index is 12.0. The number of aromatic nitrogens is 5. The number of benzene rings is 1. The van der Waals surface area contributed by atoms with Crippen LogP contribution in [0, 0.1) is 0 Å². The smallest absolute Gasteiger partial charge is 0.361 e. The van der Waals surface area contributed by atoms with E-state index in [1.807, 2.05) is 30.3 Å². The fraction of sp³-hybridized carbons (Fsp3) is 0.143. The molecule has 3 aromatic rings. The summed E-state index contributed by atoms with van der Waals surface area (Å²) in [5.74, 6) is -0.0184. The van der Waals surface area contributed by atoms with E-state index in [-0.39, 0.29) is 12.3 Å². The molecule has 0 N–H and O–H groups in total. The van der Waals surface area contributed by atoms with Crippen molar-refractivity contribution in [3.63, 3.8) is 0 Å². The highest BCUT2D eigenvalue weighted by atomic mass is 35.5. The molecule has 7 nitrogen and oxygen atoms in total. The molecule has 0 aliphatic carbocycles. The average Bonchev–Trinajstić information content (AvgIpc) is 3.15. The fourth-order valence-electron chi connectivity index (χ4n) is 1.80. The van der Waals surface area contributed by atoms with Crippen molar-refractivity contribution in [1.82, 2.24) is 24.5 Å². The summed E-state index contributed by atoms with van der Waals surface area (Å²) in [6, 6.07) is 9.29. The van der Waals surface area contributed by atoms with Gasteiger partial charge in [-0.15, -0.1) is 5.10 Å². The predicted octanol–water partition coefficient (Wildman–Crippen LogP) is 2.01. The molecule has 0 unspecified atom stereocenters. The molecule has 1 aromatic carbocycles. The minimum atomic E-state index is -0.568. The lowest BCUT2D eigenvalue weighted by atomic mass is 10.3. The Bertz CT molecular complexity index is 797. The van der Waals surface area contributed by atoms with Crippen LogP contribution in [0.15, 0.2) is 42.7 Å². The Labute approximate surface area is 131 Å². The number of esters is 1. The van der Waals surface area contributed by atoms with Gasteiger partial charge in [0.2, 0.25) is 0 Å². The highest BCUT2D eigenvalue weighted by Gasteiger charge is 2.14. The first-order valence-electron chi connectivity index (χ1n) is 6.46. The van der Waals surface area contributed by atoms with Gasteiger partial charge in [-0.05, 0) is 12.1 Å². The summed E-state index contributed by atoms with van der Waals surface area (Å²) >= 11 is 5.87. The third kappa shape index (κ3) is 2.84. The summed E-state index contributed by atoms with van der Waals surface area (Å²) in [5.41, 5.74) is 0.890. The van der Waals surface area contributed by atoms with Crippen LogP contribution in [-0.4, -0.2) is 30.5 Å². The molecule has 0 aliphatic rings. The molecule has 3 rings (SSSR count). The zero-order valence-electron chi connectivity index (χ0n) is 11.7. The maximum Gasteiger partial charge on any atom is 0.361 e. The number of rotatable bonds is 4. The van der Waals surface area contributed by atoms with Crippen LogP contribution >= 0.6 is 11.6 Å². The molecule has 0 saturated carbocycles. The second-order valence-electron chi connectivity index (χ2n) is 4.49. The van der Waals surface area contributed by atoms with Gasteiger partial charge in [0.25, 0.3) is 0 Å². The minimum absolute atomic E-state index is 0.0141. The van der Waals surface area contributed by atoms with Crippen LogP contribution in [0.1, 0.15) is 16.3 Å². The summed E-state index contributed by atoms with van der Waals surface area (Å²) in [7, 11) is 1.74. The van der Waals surface area contributed by atoms with Crippen molar-refractivity contribution in [2.24, 2.45) is 7.05 Å². The molecule has 0 saturated heterocycles. The van der Waals surface area contributed by atoms with Crippen molar-refractivity contribution < 1.29 is 9.53 Å². The zero-order chi connectivity index (χ0) is 15.5. The van der Waals surface area contributed by atoms with E-state index in [4.69, 9.17) is 16.3 Å². The molecule has 22 heavy (non-hydrogen) atoms. The topological polar surface area (TPSA) is 74.8 Å². The van der Waals surface area contributed by atoms with Crippen LogP contribution in [0.3, 0.4) is 0 Å². The van der Waals surface area contributed by atoms with Crippen LogP contribution in [0.5, 0.6) is 0 Å². The number of carbonyl (C=O) groups excluding carboxylic acids is 1. The van der Waals surface area contributed by atoms with E-state index in [9.17, 15) is 4.79 Å². The molecule has 0 atom stereocenters. The predicted molar refractivity (Wildman–Crippen MR) is 78.7 cm³/mol. The Balaban J connectivity index is 1.68. The van der Waals surface area contributed by atoms with Crippen molar-refractivity contribution in [1.29, 1.82) is 0 Å². The highest BCUT2D eigenvalue weighted by Crippen LogP contribution is 2.11. The van der Waals surface area contributed by atoms with Gasteiger partial charge in [0.1, 0.15) is 17.6 Å². The zero-order valence-corrected chi connectivity index (χ0v) is 12.4. The standard InChI is InChI=1S/C14H12ClN5O2/c1-19-12(15)8-16-13(19)9-22-14(21)11-7-17-20(18-11)10-5-3-2-4-6-10/h2-8H,9H2,1H3. The molecule has 0 amide bonds. The van der Waals surface area contributed by atoms with E-state index in [2.05, 4.69) is 15.2 Å². The molecular formula is C14H12ClN5O2. The van der Waals surface area contributed by atoms with Gasteiger partial charge >= 0.3 is 5.97 Å². The number of imidazole rings is 1.